The number of rotatable bonds is 2. The van der Waals surface area contributed by atoms with E-state index in [1.54, 1.807) is 0 Å². The van der Waals surface area contributed by atoms with E-state index in [2.05, 4.69) is 187 Å². The van der Waals surface area contributed by atoms with Gasteiger partial charge in [0.1, 0.15) is 11.2 Å². The predicted molar refractivity (Wildman–Crippen MR) is 215 cm³/mol. The van der Waals surface area contributed by atoms with Crippen molar-refractivity contribution in [2.24, 2.45) is 0 Å². The van der Waals surface area contributed by atoms with Crippen molar-refractivity contribution in [3.63, 3.8) is 0 Å². The van der Waals surface area contributed by atoms with Crippen LogP contribution in [-0.4, -0.2) is 9.55 Å². The van der Waals surface area contributed by atoms with Crippen molar-refractivity contribution in [3.05, 3.63) is 205 Å². The molecule has 2 nitrogen and oxygen atoms in total. The fraction of sp³-hybridized carbons (Fsp3) is 0.0200. The molecule has 12 rings (SSSR count). The van der Waals surface area contributed by atoms with Crippen molar-refractivity contribution in [2.45, 2.75) is 5.41 Å². The van der Waals surface area contributed by atoms with Crippen LogP contribution in [0.2, 0.25) is 0 Å². The lowest BCUT2D eigenvalue weighted by Gasteiger charge is -2.27. The maximum atomic E-state index is 5.56. The average molecular weight is 659 g/mol. The van der Waals surface area contributed by atoms with Gasteiger partial charge in [0.25, 0.3) is 0 Å². The third-order valence-corrected chi connectivity index (χ3v) is 11.8. The third kappa shape index (κ3) is 3.51. The summed E-state index contributed by atoms with van der Waals surface area (Å²) in [6.07, 6.45) is 0. The van der Waals surface area contributed by atoms with Gasteiger partial charge >= 0.3 is 0 Å². The van der Waals surface area contributed by atoms with Gasteiger partial charge in [-0.15, -0.1) is 0 Å². The second kappa shape index (κ2) is 10.2. The van der Waals surface area contributed by atoms with Gasteiger partial charge < -0.3 is 0 Å². The van der Waals surface area contributed by atoms with Gasteiger partial charge in [0.2, 0.25) is 0 Å². The highest BCUT2D eigenvalue weighted by molar-refractivity contribution is 6.25. The van der Waals surface area contributed by atoms with Crippen LogP contribution < -0.4 is 0 Å². The normalized spacial score (nSPS) is 13.5. The maximum absolute atomic E-state index is 5.56. The summed E-state index contributed by atoms with van der Waals surface area (Å²) >= 11 is 0. The van der Waals surface area contributed by atoms with Crippen LogP contribution >= 0.6 is 0 Å². The van der Waals surface area contributed by atoms with Gasteiger partial charge in [0.15, 0.2) is 0 Å². The quantitative estimate of drug-likeness (QED) is 0.169. The van der Waals surface area contributed by atoms with Crippen LogP contribution in [0.25, 0.3) is 82.4 Å². The molecule has 240 valence electrons. The lowest BCUT2D eigenvalue weighted by atomic mass is 9.73. The third-order valence-electron chi connectivity index (χ3n) is 11.8. The Morgan fingerprint density at radius 3 is 1.54 bits per heavy atom. The van der Waals surface area contributed by atoms with Crippen molar-refractivity contribution in [1.29, 1.82) is 0 Å². The Morgan fingerprint density at radius 2 is 0.865 bits per heavy atom. The zero-order chi connectivity index (χ0) is 34.0. The molecule has 1 aliphatic heterocycles. The molecule has 0 atom stereocenters. The maximum Gasteiger partial charge on any atom is 0.134 e. The largest absolute Gasteiger partial charge is 0.295 e. The zero-order valence-electron chi connectivity index (χ0n) is 28.2. The molecule has 9 aromatic carbocycles. The SMILES string of the molecule is c1cc(-c2ccc3c(c2)nc2n3-c3ccccc3C23c2ccccc2-c2ccccc23)cc(-c2ccc3c4ccccc4c4ccccc4c3c2)c1. The van der Waals surface area contributed by atoms with Crippen LogP contribution in [0.1, 0.15) is 22.5 Å². The van der Waals surface area contributed by atoms with Crippen LogP contribution in [0.3, 0.4) is 0 Å². The Bertz CT molecular complexity index is 3060. The monoisotopic (exact) mass is 658 g/mol. The van der Waals surface area contributed by atoms with Crippen molar-refractivity contribution >= 4 is 43.4 Å². The standard InChI is InChI=1S/C50H30N2/c1-2-16-37-35(14-1)36-15-3-4-17-38(36)42-29-33(24-26-39(37)42)31-12-11-13-32(28-31)34-25-27-48-46(30-34)51-49-50(45-22-9-10-23-47(45)52(48)49)43-20-7-5-18-40(43)41-19-6-8-21-44(41)50/h1-30H. The number of hydrogen-bond acceptors (Lipinski definition) is 1. The van der Waals surface area contributed by atoms with Crippen molar-refractivity contribution in [1.82, 2.24) is 9.55 Å². The van der Waals surface area contributed by atoms with Crippen LogP contribution in [0.5, 0.6) is 0 Å². The van der Waals surface area contributed by atoms with Gasteiger partial charge in [0.05, 0.1) is 16.7 Å². The molecule has 2 heteroatoms. The molecule has 1 aliphatic carbocycles. The van der Waals surface area contributed by atoms with Gasteiger partial charge in [0, 0.05) is 0 Å². The highest BCUT2D eigenvalue weighted by Crippen LogP contribution is 2.60. The Morgan fingerprint density at radius 1 is 0.365 bits per heavy atom. The number of nitrogens with zero attached hydrogens (tertiary/aromatic N) is 2. The fourth-order valence-electron chi connectivity index (χ4n) is 9.59. The molecule has 10 aromatic rings. The smallest absolute Gasteiger partial charge is 0.134 e. The van der Waals surface area contributed by atoms with Gasteiger partial charge in [-0.2, -0.15) is 0 Å². The predicted octanol–water partition coefficient (Wildman–Crippen LogP) is 12.5. The van der Waals surface area contributed by atoms with Crippen LogP contribution in [0.15, 0.2) is 182 Å². The minimum absolute atomic E-state index is 0.464. The van der Waals surface area contributed by atoms with Gasteiger partial charge in [-0.25, -0.2) is 4.98 Å². The Labute approximate surface area is 300 Å². The molecule has 0 saturated carbocycles. The first-order valence-electron chi connectivity index (χ1n) is 18.1. The van der Waals surface area contributed by atoms with E-state index < -0.39 is 5.41 Å². The molecule has 0 radical (unpaired) electrons. The van der Waals surface area contributed by atoms with E-state index >= 15 is 0 Å². The molecule has 1 aromatic heterocycles. The summed E-state index contributed by atoms with van der Waals surface area (Å²) in [6.45, 7) is 0. The number of imidazole rings is 1. The summed E-state index contributed by atoms with van der Waals surface area (Å²) in [4.78, 5) is 5.56. The number of para-hydroxylation sites is 1. The van der Waals surface area contributed by atoms with Gasteiger partial charge in [-0.3, -0.25) is 4.57 Å². The molecule has 0 N–H and O–H groups in total. The fourth-order valence-corrected chi connectivity index (χ4v) is 9.59. The molecular formula is C50H30N2. The number of fused-ring (bicyclic) bond motifs is 18. The summed E-state index contributed by atoms with van der Waals surface area (Å²) < 4.78 is 2.41. The van der Waals surface area contributed by atoms with Gasteiger partial charge in [-0.05, 0) is 113 Å². The molecule has 52 heavy (non-hydrogen) atoms. The van der Waals surface area contributed by atoms with E-state index in [9.17, 15) is 0 Å². The first-order chi connectivity index (χ1) is 25.8. The van der Waals surface area contributed by atoms with Crippen LogP contribution in [0, 0.1) is 0 Å². The van der Waals surface area contributed by atoms with Crippen molar-refractivity contribution < 1.29 is 0 Å². The average Bonchev–Trinajstić information content (AvgIpc) is 3.84. The molecule has 0 fully saturated rings. The Kier molecular flexibility index (Phi) is 5.46. The van der Waals surface area contributed by atoms with E-state index in [-0.39, 0.29) is 0 Å². The number of hydrogen-bond donors (Lipinski definition) is 0. The van der Waals surface area contributed by atoms with E-state index in [1.807, 2.05) is 0 Å². The molecular weight excluding hydrogens is 629 g/mol. The molecule has 0 saturated heterocycles. The molecule has 2 aliphatic rings. The number of benzene rings is 9. The summed E-state index contributed by atoms with van der Waals surface area (Å²) in [6, 6.07) is 67.0. The first kappa shape index (κ1) is 28.0. The van der Waals surface area contributed by atoms with E-state index in [4.69, 9.17) is 4.98 Å². The molecule has 0 bridgehead atoms. The summed E-state index contributed by atoms with van der Waals surface area (Å²) in [5, 5.41) is 7.77. The highest BCUT2D eigenvalue weighted by atomic mass is 15.1. The molecule has 0 unspecified atom stereocenters. The Balaban J connectivity index is 1.02. The van der Waals surface area contributed by atoms with Crippen molar-refractivity contribution in [3.8, 4) is 39.1 Å². The van der Waals surface area contributed by atoms with Crippen molar-refractivity contribution in [2.75, 3.05) is 0 Å². The Hall–Kier alpha value is -6.77. The minimum atomic E-state index is -0.464. The lowest BCUT2D eigenvalue weighted by Crippen LogP contribution is -2.27. The summed E-state index contributed by atoms with van der Waals surface area (Å²) in [5.74, 6) is 1.07. The topological polar surface area (TPSA) is 17.8 Å². The van der Waals surface area contributed by atoms with E-state index in [0.717, 1.165) is 22.4 Å². The zero-order valence-corrected chi connectivity index (χ0v) is 28.2. The molecule has 2 heterocycles. The summed E-state index contributed by atoms with van der Waals surface area (Å²) in [5.41, 5.74) is 14.2. The van der Waals surface area contributed by atoms with Crippen LogP contribution in [-0.2, 0) is 5.41 Å². The molecule has 1 spiro atoms. The minimum Gasteiger partial charge on any atom is -0.295 e. The summed E-state index contributed by atoms with van der Waals surface area (Å²) in [7, 11) is 0. The number of aromatic nitrogens is 2. The second-order valence-corrected chi connectivity index (χ2v) is 14.3. The second-order valence-electron chi connectivity index (χ2n) is 14.3. The van der Waals surface area contributed by atoms with Gasteiger partial charge in [-0.1, -0.05) is 152 Å². The highest BCUT2D eigenvalue weighted by Gasteiger charge is 2.54. The molecule has 0 amide bonds. The van der Waals surface area contributed by atoms with Crippen LogP contribution in [0.4, 0.5) is 0 Å². The lowest BCUT2D eigenvalue weighted by molar-refractivity contribution is 0.738. The van der Waals surface area contributed by atoms with E-state index in [0.29, 0.717) is 0 Å². The van der Waals surface area contributed by atoms with E-state index in [1.165, 1.54) is 82.5 Å². The first-order valence-corrected chi connectivity index (χ1v) is 18.1.